The van der Waals surface area contributed by atoms with Gasteiger partial charge in [-0.25, -0.2) is 9.59 Å². The number of aliphatic carboxylic acids is 1. The minimum absolute atomic E-state index is 0.0139. The molecular formula is C12H19NO4. The van der Waals surface area contributed by atoms with Crippen LogP contribution >= 0.6 is 0 Å². The molecule has 5 heteroatoms. The van der Waals surface area contributed by atoms with Crippen molar-refractivity contribution in [3.05, 3.63) is 0 Å². The number of rotatable bonds is 1. The lowest BCUT2D eigenvalue weighted by Crippen LogP contribution is -2.45. The molecule has 1 amide bonds. The lowest BCUT2D eigenvalue weighted by atomic mass is 10.0. The monoisotopic (exact) mass is 241 g/mol. The number of amides is 1. The van der Waals surface area contributed by atoms with Crippen molar-refractivity contribution in [3.63, 3.8) is 0 Å². The first kappa shape index (κ1) is 12.2. The van der Waals surface area contributed by atoms with Gasteiger partial charge in [-0.1, -0.05) is 6.92 Å². The lowest BCUT2D eigenvalue weighted by Gasteiger charge is -2.28. The number of ether oxygens (including phenoxy) is 1. The van der Waals surface area contributed by atoms with E-state index >= 15 is 0 Å². The molecule has 1 N–H and O–H groups in total. The quantitative estimate of drug-likeness (QED) is 0.761. The first-order valence-corrected chi connectivity index (χ1v) is 5.88. The van der Waals surface area contributed by atoms with E-state index < -0.39 is 23.7 Å². The summed E-state index contributed by atoms with van der Waals surface area (Å²) < 4.78 is 5.27. The number of carboxylic acid groups (broad SMARTS) is 1. The van der Waals surface area contributed by atoms with Crippen molar-refractivity contribution in [2.45, 2.75) is 58.2 Å². The van der Waals surface area contributed by atoms with E-state index in [1.165, 1.54) is 4.90 Å². The second-order valence-corrected chi connectivity index (χ2v) is 6.32. The standard InChI is InChI=1S/C12H19NO4/c1-11(2,3)17-10(16)13-7(9(14)15)5-12(4)6-8(12)13/h7-8H,5-6H2,1-4H3,(H,14,15)/t7-,8?,12+/m0/s1. The third-order valence-electron chi connectivity index (χ3n) is 3.52. The zero-order chi connectivity index (χ0) is 13.0. The largest absolute Gasteiger partial charge is 0.480 e. The average Bonchev–Trinajstić information content (AvgIpc) is 2.65. The van der Waals surface area contributed by atoms with Gasteiger partial charge in [0, 0.05) is 6.04 Å². The van der Waals surface area contributed by atoms with Gasteiger partial charge in [0.05, 0.1) is 0 Å². The highest BCUT2D eigenvalue weighted by Gasteiger charge is 2.65. The van der Waals surface area contributed by atoms with Crippen molar-refractivity contribution in [2.75, 3.05) is 0 Å². The highest BCUT2D eigenvalue weighted by atomic mass is 16.6. The third-order valence-corrected chi connectivity index (χ3v) is 3.52. The summed E-state index contributed by atoms with van der Waals surface area (Å²) in [6, 6.07) is -0.688. The summed E-state index contributed by atoms with van der Waals surface area (Å²) in [7, 11) is 0. The fourth-order valence-corrected chi connectivity index (χ4v) is 2.57. The molecule has 3 atom stereocenters. The van der Waals surface area contributed by atoms with Crippen LogP contribution in [0, 0.1) is 5.41 Å². The summed E-state index contributed by atoms with van der Waals surface area (Å²) in [5.74, 6) is -0.940. The van der Waals surface area contributed by atoms with Gasteiger partial charge in [0.2, 0.25) is 0 Å². The van der Waals surface area contributed by atoms with Crippen LogP contribution in [0.3, 0.4) is 0 Å². The zero-order valence-corrected chi connectivity index (χ0v) is 10.7. The van der Waals surface area contributed by atoms with Gasteiger partial charge < -0.3 is 9.84 Å². The summed E-state index contributed by atoms with van der Waals surface area (Å²) in [6.07, 6.45) is 0.915. The summed E-state index contributed by atoms with van der Waals surface area (Å²) in [4.78, 5) is 24.5. The zero-order valence-electron chi connectivity index (χ0n) is 10.7. The maximum absolute atomic E-state index is 12.0. The molecule has 96 valence electrons. The molecule has 0 aromatic heterocycles. The van der Waals surface area contributed by atoms with E-state index in [0.717, 1.165) is 6.42 Å². The fraction of sp³-hybridized carbons (Fsp3) is 0.833. The number of carbonyl (C=O) groups excluding carboxylic acids is 1. The minimum Gasteiger partial charge on any atom is -0.480 e. The molecule has 0 aromatic rings. The lowest BCUT2D eigenvalue weighted by molar-refractivity contribution is -0.142. The number of fused-ring (bicyclic) bond motifs is 1. The van der Waals surface area contributed by atoms with Crippen LogP contribution < -0.4 is 0 Å². The fourth-order valence-electron chi connectivity index (χ4n) is 2.57. The number of carboxylic acids is 1. The Balaban J connectivity index is 2.13. The molecular weight excluding hydrogens is 222 g/mol. The Morgan fingerprint density at radius 2 is 1.94 bits per heavy atom. The molecule has 2 rings (SSSR count). The second kappa shape index (κ2) is 3.37. The second-order valence-electron chi connectivity index (χ2n) is 6.32. The van der Waals surface area contributed by atoms with Crippen LogP contribution in [0.4, 0.5) is 4.79 Å². The Morgan fingerprint density at radius 3 is 2.41 bits per heavy atom. The first-order valence-electron chi connectivity index (χ1n) is 5.88. The maximum Gasteiger partial charge on any atom is 0.411 e. The van der Waals surface area contributed by atoms with Crippen LogP contribution in [0.5, 0.6) is 0 Å². The van der Waals surface area contributed by atoms with Gasteiger partial charge in [0.15, 0.2) is 0 Å². The van der Waals surface area contributed by atoms with Gasteiger partial charge in [-0.05, 0) is 39.0 Å². The van der Waals surface area contributed by atoms with Crippen LogP contribution in [-0.2, 0) is 9.53 Å². The van der Waals surface area contributed by atoms with Crippen molar-refractivity contribution < 1.29 is 19.4 Å². The van der Waals surface area contributed by atoms with Crippen LogP contribution in [0.1, 0.15) is 40.5 Å². The Morgan fingerprint density at radius 1 is 1.35 bits per heavy atom. The predicted molar refractivity (Wildman–Crippen MR) is 60.6 cm³/mol. The molecule has 2 fully saturated rings. The molecule has 1 saturated carbocycles. The SMILES string of the molecule is CC(C)(C)OC(=O)N1C2C[C@@]2(C)C[C@H]1C(=O)O. The van der Waals surface area contributed by atoms with Gasteiger partial charge in [-0.2, -0.15) is 0 Å². The maximum atomic E-state index is 12.0. The topological polar surface area (TPSA) is 66.8 Å². The average molecular weight is 241 g/mol. The van der Waals surface area contributed by atoms with Gasteiger partial charge in [-0.3, -0.25) is 4.90 Å². The Labute approximate surface area is 101 Å². The molecule has 1 unspecified atom stereocenters. The summed E-state index contributed by atoms with van der Waals surface area (Å²) >= 11 is 0. The molecule has 1 heterocycles. The molecule has 1 aliphatic heterocycles. The first-order chi connectivity index (χ1) is 7.64. The Bertz CT molecular complexity index is 373. The van der Waals surface area contributed by atoms with Crippen LogP contribution in [0.15, 0.2) is 0 Å². The predicted octanol–water partition coefficient (Wildman–Crippen LogP) is 1.86. The number of hydrogen-bond acceptors (Lipinski definition) is 3. The molecule has 0 spiro atoms. The van der Waals surface area contributed by atoms with Gasteiger partial charge in [0.1, 0.15) is 11.6 Å². The van der Waals surface area contributed by atoms with Crippen molar-refractivity contribution in [1.29, 1.82) is 0 Å². The molecule has 1 aliphatic carbocycles. The van der Waals surface area contributed by atoms with E-state index in [0.29, 0.717) is 6.42 Å². The van der Waals surface area contributed by atoms with Crippen LogP contribution in [0.2, 0.25) is 0 Å². The minimum atomic E-state index is -0.940. The van der Waals surface area contributed by atoms with Gasteiger partial charge >= 0.3 is 12.1 Å². The normalized spacial score (nSPS) is 35.4. The molecule has 5 nitrogen and oxygen atoms in total. The number of likely N-dealkylation sites (tertiary alicyclic amines) is 1. The number of nitrogens with zero attached hydrogens (tertiary/aromatic N) is 1. The van der Waals surface area contributed by atoms with Gasteiger partial charge in [-0.15, -0.1) is 0 Å². The summed E-state index contributed by atoms with van der Waals surface area (Å²) in [6.45, 7) is 7.37. The molecule has 17 heavy (non-hydrogen) atoms. The number of hydrogen-bond donors (Lipinski definition) is 1. The Hall–Kier alpha value is -1.26. The Kier molecular flexibility index (Phi) is 2.42. The molecule has 1 saturated heterocycles. The highest BCUT2D eigenvalue weighted by Crippen LogP contribution is 2.59. The molecule has 0 radical (unpaired) electrons. The van der Waals surface area contributed by atoms with Crippen molar-refractivity contribution >= 4 is 12.1 Å². The molecule has 0 aromatic carbocycles. The van der Waals surface area contributed by atoms with E-state index in [1.807, 2.05) is 6.92 Å². The van der Waals surface area contributed by atoms with Crippen LogP contribution in [0.25, 0.3) is 0 Å². The van der Waals surface area contributed by atoms with E-state index in [2.05, 4.69) is 0 Å². The molecule has 0 bridgehead atoms. The smallest absolute Gasteiger partial charge is 0.411 e. The van der Waals surface area contributed by atoms with E-state index in [1.54, 1.807) is 20.8 Å². The van der Waals surface area contributed by atoms with Crippen LogP contribution in [-0.4, -0.2) is 39.8 Å². The molecule has 2 aliphatic rings. The third kappa shape index (κ3) is 2.10. The van der Waals surface area contributed by atoms with Crippen molar-refractivity contribution in [1.82, 2.24) is 4.90 Å². The van der Waals surface area contributed by atoms with E-state index in [4.69, 9.17) is 9.84 Å². The number of piperidine rings is 1. The van der Waals surface area contributed by atoms with Gasteiger partial charge in [0.25, 0.3) is 0 Å². The summed E-state index contributed by atoms with van der Waals surface area (Å²) in [5, 5.41) is 9.13. The van der Waals surface area contributed by atoms with Crippen molar-refractivity contribution in [3.8, 4) is 0 Å². The highest BCUT2D eigenvalue weighted by molar-refractivity contribution is 5.82. The number of carbonyl (C=O) groups is 2. The van der Waals surface area contributed by atoms with Crippen molar-refractivity contribution in [2.24, 2.45) is 5.41 Å². The summed E-state index contributed by atoms with van der Waals surface area (Å²) in [5.41, 5.74) is -0.603. The van der Waals surface area contributed by atoms with E-state index in [9.17, 15) is 9.59 Å². The van der Waals surface area contributed by atoms with E-state index in [-0.39, 0.29) is 11.5 Å².